The first-order chi connectivity index (χ1) is 11.9. The predicted molar refractivity (Wildman–Crippen MR) is 101 cm³/mol. The summed E-state index contributed by atoms with van der Waals surface area (Å²) in [6.07, 6.45) is 3.10. The van der Waals surface area contributed by atoms with Crippen LogP contribution in [0.1, 0.15) is 41.2 Å². The zero-order chi connectivity index (χ0) is 18.0. The van der Waals surface area contributed by atoms with Gasteiger partial charge in [0.1, 0.15) is 0 Å². The first-order valence-electron chi connectivity index (χ1n) is 8.27. The van der Waals surface area contributed by atoms with E-state index in [2.05, 4.69) is 21.9 Å². The molecule has 0 bridgehead atoms. The van der Waals surface area contributed by atoms with Crippen molar-refractivity contribution in [1.82, 2.24) is 4.98 Å². The molecule has 1 atom stereocenters. The lowest BCUT2D eigenvalue weighted by Gasteiger charge is -2.15. The molecule has 0 aliphatic heterocycles. The summed E-state index contributed by atoms with van der Waals surface area (Å²) in [4.78, 5) is 18.2. The Kier molecular flexibility index (Phi) is 5.10. The number of nitrogens with one attached hydrogen (secondary N) is 2. The van der Waals surface area contributed by atoms with Gasteiger partial charge in [0, 0.05) is 16.1 Å². The maximum atomic E-state index is 12.5. The average Bonchev–Trinajstić information content (AvgIpc) is 2.96. The van der Waals surface area contributed by atoms with Crippen molar-refractivity contribution >= 4 is 38.1 Å². The molecular weight excluding hydrogens is 358 g/mol. The van der Waals surface area contributed by atoms with Crippen LogP contribution in [0.4, 0.5) is 10.8 Å². The number of anilines is 2. The van der Waals surface area contributed by atoms with Gasteiger partial charge in [-0.3, -0.25) is 14.8 Å². The highest BCUT2D eigenvalue weighted by Crippen LogP contribution is 2.32. The molecule has 2 N–H and O–H groups in total. The van der Waals surface area contributed by atoms with Gasteiger partial charge in [-0.2, -0.15) is 0 Å². The van der Waals surface area contributed by atoms with Gasteiger partial charge >= 0.3 is 0 Å². The summed E-state index contributed by atoms with van der Waals surface area (Å²) in [5.74, 6) is 0.337. The third kappa shape index (κ3) is 4.38. The van der Waals surface area contributed by atoms with Crippen molar-refractivity contribution in [3.63, 3.8) is 0 Å². The number of carbonyl (C=O) groups excluding carboxylic acids is 1. The van der Waals surface area contributed by atoms with E-state index in [4.69, 9.17) is 0 Å². The molecule has 0 radical (unpaired) electrons. The molecule has 6 nitrogen and oxygen atoms in total. The van der Waals surface area contributed by atoms with Crippen molar-refractivity contribution in [1.29, 1.82) is 0 Å². The molecule has 0 fully saturated rings. The van der Waals surface area contributed by atoms with Gasteiger partial charge in [0.25, 0.3) is 5.91 Å². The molecule has 1 aromatic carbocycles. The van der Waals surface area contributed by atoms with Crippen LogP contribution in [0.3, 0.4) is 0 Å². The standard InChI is InChI=1S/C17H21N3O3S2/c1-3-25(22,23)20-13-6-4-5-12(10-13)16(21)19-17-18-14-8-7-11(2)9-15(14)24-17/h4-6,10-11,20H,3,7-9H2,1-2H3,(H,18,19,21). The fourth-order valence-corrected chi connectivity index (χ4v) is 4.53. The quantitative estimate of drug-likeness (QED) is 0.834. The SMILES string of the molecule is CCS(=O)(=O)Nc1cccc(C(=O)Nc2nc3c(s2)CC(C)CC3)c1. The first kappa shape index (κ1) is 17.9. The second kappa shape index (κ2) is 7.13. The Morgan fingerprint density at radius 2 is 2.20 bits per heavy atom. The second-order valence-electron chi connectivity index (χ2n) is 6.28. The Morgan fingerprint density at radius 1 is 1.40 bits per heavy atom. The fourth-order valence-electron chi connectivity index (χ4n) is 2.74. The smallest absolute Gasteiger partial charge is 0.257 e. The molecule has 1 aromatic heterocycles. The maximum absolute atomic E-state index is 12.5. The van der Waals surface area contributed by atoms with E-state index in [1.54, 1.807) is 25.1 Å². The van der Waals surface area contributed by atoms with Gasteiger partial charge in [0.2, 0.25) is 10.0 Å². The highest BCUT2D eigenvalue weighted by atomic mass is 32.2. The van der Waals surface area contributed by atoms with Crippen LogP contribution in [-0.2, 0) is 22.9 Å². The van der Waals surface area contributed by atoms with E-state index in [1.807, 2.05) is 0 Å². The van der Waals surface area contributed by atoms with Gasteiger partial charge in [-0.25, -0.2) is 13.4 Å². The number of aromatic nitrogens is 1. The molecule has 1 amide bonds. The van der Waals surface area contributed by atoms with Crippen molar-refractivity contribution in [3.8, 4) is 0 Å². The van der Waals surface area contributed by atoms with Gasteiger partial charge in [-0.05, 0) is 50.3 Å². The van der Waals surface area contributed by atoms with E-state index >= 15 is 0 Å². The number of fused-ring (bicyclic) bond motifs is 1. The van der Waals surface area contributed by atoms with Crippen LogP contribution in [0, 0.1) is 5.92 Å². The Balaban J connectivity index is 1.73. The van der Waals surface area contributed by atoms with E-state index < -0.39 is 10.0 Å². The first-order valence-corrected chi connectivity index (χ1v) is 10.7. The molecule has 1 aliphatic carbocycles. The van der Waals surface area contributed by atoms with Gasteiger partial charge in [-0.1, -0.05) is 13.0 Å². The number of hydrogen-bond donors (Lipinski definition) is 2. The molecule has 1 aliphatic rings. The lowest BCUT2D eigenvalue weighted by Crippen LogP contribution is -2.16. The van der Waals surface area contributed by atoms with Gasteiger partial charge in [0.15, 0.2) is 5.13 Å². The van der Waals surface area contributed by atoms with Crippen molar-refractivity contribution in [2.45, 2.75) is 33.1 Å². The zero-order valence-corrected chi connectivity index (χ0v) is 15.8. The third-order valence-corrected chi connectivity index (χ3v) is 6.53. The number of nitrogens with zero attached hydrogens (tertiary/aromatic N) is 1. The molecular formula is C17H21N3O3S2. The minimum absolute atomic E-state index is 0.0213. The molecule has 0 saturated heterocycles. The Labute approximate surface area is 151 Å². The van der Waals surface area contributed by atoms with Gasteiger partial charge in [-0.15, -0.1) is 11.3 Å². The molecule has 134 valence electrons. The minimum Gasteiger partial charge on any atom is -0.298 e. The number of aryl methyl sites for hydroxylation is 1. The number of carbonyl (C=O) groups is 1. The van der Waals surface area contributed by atoms with Crippen molar-refractivity contribution in [3.05, 3.63) is 40.4 Å². The average molecular weight is 380 g/mol. The van der Waals surface area contributed by atoms with E-state index in [9.17, 15) is 13.2 Å². The molecule has 2 aromatic rings. The molecule has 3 rings (SSSR count). The molecule has 8 heteroatoms. The molecule has 25 heavy (non-hydrogen) atoms. The predicted octanol–water partition coefficient (Wildman–Crippen LogP) is 3.28. The van der Waals surface area contributed by atoms with Crippen LogP contribution in [-0.4, -0.2) is 25.1 Å². The van der Waals surface area contributed by atoms with Crippen LogP contribution < -0.4 is 10.0 Å². The molecule has 0 spiro atoms. The summed E-state index contributed by atoms with van der Waals surface area (Å²) in [6, 6.07) is 6.44. The summed E-state index contributed by atoms with van der Waals surface area (Å²) < 4.78 is 25.8. The van der Waals surface area contributed by atoms with Gasteiger partial charge in [0.05, 0.1) is 11.4 Å². The highest BCUT2D eigenvalue weighted by molar-refractivity contribution is 7.92. The zero-order valence-electron chi connectivity index (χ0n) is 14.2. The van der Waals surface area contributed by atoms with Crippen LogP contribution in [0.2, 0.25) is 0 Å². The van der Waals surface area contributed by atoms with Crippen LogP contribution >= 0.6 is 11.3 Å². The fraction of sp³-hybridized carbons (Fsp3) is 0.412. The topological polar surface area (TPSA) is 88.2 Å². The van der Waals surface area contributed by atoms with Crippen LogP contribution in [0.25, 0.3) is 0 Å². The summed E-state index contributed by atoms with van der Waals surface area (Å²) in [7, 11) is -3.37. The Morgan fingerprint density at radius 3 is 2.96 bits per heavy atom. The molecule has 1 unspecified atom stereocenters. The van der Waals surface area contributed by atoms with Crippen LogP contribution in [0.15, 0.2) is 24.3 Å². The lowest BCUT2D eigenvalue weighted by atomic mass is 9.93. The Hall–Kier alpha value is -1.93. The molecule has 0 saturated carbocycles. The normalized spacial score (nSPS) is 17.0. The Bertz CT molecular complexity index is 890. The van der Waals surface area contributed by atoms with E-state index in [1.165, 1.54) is 22.3 Å². The van der Waals surface area contributed by atoms with E-state index in [0.29, 0.717) is 22.3 Å². The third-order valence-electron chi connectivity index (χ3n) is 4.18. The lowest BCUT2D eigenvalue weighted by molar-refractivity contribution is 0.102. The summed E-state index contributed by atoms with van der Waals surface area (Å²) in [6.45, 7) is 3.79. The summed E-state index contributed by atoms with van der Waals surface area (Å²) in [5.41, 5.74) is 1.85. The van der Waals surface area contributed by atoms with Crippen molar-refractivity contribution < 1.29 is 13.2 Å². The van der Waals surface area contributed by atoms with Crippen molar-refractivity contribution in [2.24, 2.45) is 5.92 Å². The second-order valence-corrected chi connectivity index (χ2v) is 9.37. The van der Waals surface area contributed by atoms with Crippen molar-refractivity contribution in [2.75, 3.05) is 15.8 Å². The van der Waals surface area contributed by atoms with Gasteiger partial charge < -0.3 is 0 Å². The highest BCUT2D eigenvalue weighted by Gasteiger charge is 2.20. The minimum atomic E-state index is -3.37. The summed E-state index contributed by atoms with van der Waals surface area (Å²) in [5, 5.41) is 3.43. The monoisotopic (exact) mass is 379 g/mol. The molecule has 1 heterocycles. The number of amides is 1. The summed E-state index contributed by atoms with van der Waals surface area (Å²) >= 11 is 1.53. The van der Waals surface area contributed by atoms with E-state index in [0.717, 1.165) is 25.0 Å². The largest absolute Gasteiger partial charge is 0.298 e. The van der Waals surface area contributed by atoms with E-state index in [-0.39, 0.29) is 11.7 Å². The number of rotatable bonds is 5. The number of thiazole rings is 1. The number of sulfonamides is 1. The maximum Gasteiger partial charge on any atom is 0.257 e. The number of hydrogen-bond acceptors (Lipinski definition) is 5. The van der Waals surface area contributed by atoms with Crippen LogP contribution in [0.5, 0.6) is 0 Å². The number of benzene rings is 1.